The fourth-order valence-electron chi connectivity index (χ4n) is 2.03. The molecular weight excluding hydrogens is 250 g/mol. The molecule has 1 heterocycles. The maximum Gasteiger partial charge on any atom is 0.315 e. The van der Waals surface area contributed by atoms with Gasteiger partial charge in [0.15, 0.2) is 0 Å². The van der Waals surface area contributed by atoms with Crippen LogP contribution in [0.4, 0.5) is 4.79 Å². The zero-order chi connectivity index (χ0) is 14.4. The standard InChI is InChI=1S/C16H21N3O/c1-13(2)18-16(20)17-11-15-9-6-10-19(15)12-14-7-4-3-5-8-14/h3-10,13H,11-12H2,1-2H3,(H2,17,18,20). The van der Waals surface area contributed by atoms with E-state index in [4.69, 9.17) is 0 Å². The highest BCUT2D eigenvalue weighted by Crippen LogP contribution is 2.07. The van der Waals surface area contributed by atoms with Crippen molar-refractivity contribution >= 4 is 6.03 Å². The van der Waals surface area contributed by atoms with E-state index in [1.165, 1.54) is 5.56 Å². The third kappa shape index (κ3) is 4.16. The van der Waals surface area contributed by atoms with E-state index >= 15 is 0 Å². The number of benzene rings is 1. The highest BCUT2D eigenvalue weighted by molar-refractivity contribution is 5.74. The van der Waals surface area contributed by atoms with Crippen LogP contribution in [0, 0.1) is 0 Å². The Hall–Kier alpha value is -2.23. The first kappa shape index (κ1) is 14.2. The average molecular weight is 271 g/mol. The van der Waals surface area contributed by atoms with Gasteiger partial charge in [0.25, 0.3) is 0 Å². The molecule has 0 saturated heterocycles. The van der Waals surface area contributed by atoms with Crippen LogP contribution in [0.15, 0.2) is 48.7 Å². The van der Waals surface area contributed by atoms with Gasteiger partial charge in [0.1, 0.15) is 0 Å². The maximum absolute atomic E-state index is 11.6. The SMILES string of the molecule is CC(C)NC(=O)NCc1cccn1Cc1ccccc1. The largest absolute Gasteiger partial charge is 0.345 e. The van der Waals surface area contributed by atoms with Crippen LogP contribution >= 0.6 is 0 Å². The topological polar surface area (TPSA) is 46.1 Å². The van der Waals surface area contributed by atoms with Gasteiger partial charge in [0.2, 0.25) is 0 Å². The summed E-state index contributed by atoms with van der Waals surface area (Å²) >= 11 is 0. The van der Waals surface area contributed by atoms with E-state index in [0.29, 0.717) is 6.54 Å². The van der Waals surface area contributed by atoms with Gasteiger partial charge in [-0.1, -0.05) is 30.3 Å². The lowest BCUT2D eigenvalue weighted by Crippen LogP contribution is -2.39. The molecule has 2 N–H and O–H groups in total. The van der Waals surface area contributed by atoms with Crippen molar-refractivity contribution in [3.63, 3.8) is 0 Å². The van der Waals surface area contributed by atoms with Gasteiger partial charge in [-0.2, -0.15) is 0 Å². The van der Waals surface area contributed by atoms with E-state index in [-0.39, 0.29) is 12.1 Å². The molecular formula is C16H21N3O. The predicted octanol–water partition coefficient (Wildman–Crippen LogP) is 2.74. The monoisotopic (exact) mass is 271 g/mol. The number of carbonyl (C=O) groups excluding carboxylic acids is 1. The van der Waals surface area contributed by atoms with Crippen molar-refractivity contribution in [1.29, 1.82) is 0 Å². The normalized spacial score (nSPS) is 10.6. The van der Waals surface area contributed by atoms with Crippen LogP contribution in [-0.2, 0) is 13.1 Å². The van der Waals surface area contributed by atoms with Crippen LogP contribution in [0.25, 0.3) is 0 Å². The van der Waals surface area contributed by atoms with Crippen LogP contribution < -0.4 is 10.6 Å². The van der Waals surface area contributed by atoms with E-state index in [1.54, 1.807) is 0 Å². The van der Waals surface area contributed by atoms with E-state index in [2.05, 4.69) is 27.3 Å². The minimum absolute atomic E-state index is 0.132. The molecule has 0 saturated carbocycles. The molecule has 0 aliphatic rings. The van der Waals surface area contributed by atoms with Crippen molar-refractivity contribution in [3.05, 3.63) is 59.9 Å². The van der Waals surface area contributed by atoms with Crippen LogP contribution in [0.2, 0.25) is 0 Å². The molecule has 2 rings (SSSR count). The summed E-state index contributed by atoms with van der Waals surface area (Å²) in [6.07, 6.45) is 2.03. The number of amides is 2. The maximum atomic E-state index is 11.6. The Morgan fingerprint density at radius 2 is 1.90 bits per heavy atom. The summed E-state index contributed by atoms with van der Waals surface area (Å²) in [6, 6.07) is 14.3. The summed E-state index contributed by atoms with van der Waals surface area (Å²) in [4.78, 5) is 11.6. The van der Waals surface area contributed by atoms with Crippen molar-refractivity contribution < 1.29 is 4.79 Å². The number of aromatic nitrogens is 1. The van der Waals surface area contributed by atoms with Crippen LogP contribution in [-0.4, -0.2) is 16.6 Å². The first-order valence-corrected chi connectivity index (χ1v) is 6.87. The molecule has 4 heteroatoms. The first-order valence-electron chi connectivity index (χ1n) is 6.87. The average Bonchev–Trinajstić information content (AvgIpc) is 2.84. The molecule has 0 radical (unpaired) electrons. The third-order valence-electron chi connectivity index (χ3n) is 2.97. The molecule has 2 amide bonds. The second kappa shape index (κ2) is 6.80. The van der Waals surface area contributed by atoms with Crippen LogP contribution in [0.3, 0.4) is 0 Å². The lowest BCUT2D eigenvalue weighted by molar-refractivity contribution is 0.238. The van der Waals surface area contributed by atoms with Crippen molar-refractivity contribution in [2.75, 3.05) is 0 Å². The van der Waals surface area contributed by atoms with Gasteiger partial charge in [-0.15, -0.1) is 0 Å². The second-order valence-electron chi connectivity index (χ2n) is 5.09. The summed E-state index contributed by atoms with van der Waals surface area (Å²) in [7, 11) is 0. The molecule has 0 atom stereocenters. The number of hydrogen-bond acceptors (Lipinski definition) is 1. The number of nitrogens with zero attached hydrogens (tertiary/aromatic N) is 1. The quantitative estimate of drug-likeness (QED) is 0.863. The van der Waals surface area contributed by atoms with E-state index in [9.17, 15) is 4.79 Å². The van der Waals surface area contributed by atoms with E-state index in [1.807, 2.05) is 50.4 Å². The molecule has 2 aromatic rings. The van der Waals surface area contributed by atoms with Gasteiger partial charge < -0.3 is 15.2 Å². The van der Waals surface area contributed by atoms with Gasteiger partial charge >= 0.3 is 6.03 Å². The van der Waals surface area contributed by atoms with Gasteiger partial charge in [0, 0.05) is 24.5 Å². The Morgan fingerprint density at radius 3 is 2.60 bits per heavy atom. The minimum atomic E-state index is -0.132. The van der Waals surface area contributed by atoms with Crippen molar-refractivity contribution in [2.45, 2.75) is 33.0 Å². The Kier molecular flexibility index (Phi) is 4.82. The van der Waals surface area contributed by atoms with Gasteiger partial charge in [-0.25, -0.2) is 4.79 Å². The number of urea groups is 1. The lowest BCUT2D eigenvalue weighted by atomic mass is 10.2. The minimum Gasteiger partial charge on any atom is -0.345 e. The van der Waals surface area contributed by atoms with Crippen molar-refractivity contribution in [3.8, 4) is 0 Å². The molecule has 0 bridgehead atoms. The fraction of sp³-hybridized carbons (Fsp3) is 0.312. The highest BCUT2D eigenvalue weighted by atomic mass is 16.2. The summed E-state index contributed by atoms with van der Waals surface area (Å²) in [5, 5.41) is 5.69. The molecule has 0 aliphatic carbocycles. The zero-order valence-corrected chi connectivity index (χ0v) is 12.0. The summed E-state index contributed by atoms with van der Waals surface area (Å²) in [5.41, 5.74) is 2.34. The van der Waals surface area contributed by atoms with E-state index < -0.39 is 0 Å². The first-order chi connectivity index (χ1) is 9.65. The number of carbonyl (C=O) groups is 1. The summed E-state index contributed by atoms with van der Waals surface area (Å²) in [5.74, 6) is 0. The Bertz CT molecular complexity index is 546. The number of nitrogens with one attached hydrogen (secondary N) is 2. The Balaban J connectivity index is 1.94. The van der Waals surface area contributed by atoms with Crippen LogP contribution in [0.1, 0.15) is 25.1 Å². The molecule has 0 fully saturated rings. The van der Waals surface area contributed by atoms with Crippen molar-refractivity contribution in [1.82, 2.24) is 15.2 Å². The second-order valence-corrected chi connectivity index (χ2v) is 5.09. The molecule has 0 unspecified atom stereocenters. The lowest BCUT2D eigenvalue weighted by Gasteiger charge is -2.12. The van der Waals surface area contributed by atoms with E-state index in [0.717, 1.165) is 12.2 Å². The van der Waals surface area contributed by atoms with Gasteiger partial charge in [-0.05, 0) is 31.5 Å². The molecule has 1 aromatic heterocycles. The van der Waals surface area contributed by atoms with Gasteiger partial charge in [0.05, 0.1) is 6.54 Å². The fourth-order valence-corrected chi connectivity index (χ4v) is 2.03. The smallest absolute Gasteiger partial charge is 0.315 e. The van der Waals surface area contributed by atoms with Crippen molar-refractivity contribution in [2.24, 2.45) is 0 Å². The molecule has 4 nitrogen and oxygen atoms in total. The summed E-state index contributed by atoms with van der Waals surface area (Å²) in [6.45, 7) is 5.23. The predicted molar refractivity (Wildman–Crippen MR) is 80.5 cm³/mol. The molecule has 106 valence electrons. The molecule has 1 aromatic carbocycles. The highest BCUT2D eigenvalue weighted by Gasteiger charge is 2.05. The van der Waals surface area contributed by atoms with Crippen LogP contribution in [0.5, 0.6) is 0 Å². The molecule has 0 aliphatic heterocycles. The number of hydrogen-bond donors (Lipinski definition) is 2. The molecule has 20 heavy (non-hydrogen) atoms. The van der Waals surface area contributed by atoms with Gasteiger partial charge in [-0.3, -0.25) is 0 Å². The molecule has 0 spiro atoms. The zero-order valence-electron chi connectivity index (χ0n) is 12.0. The summed E-state index contributed by atoms with van der Waals surface area (Å²) < 4.78 is 2.14. The third-order valence-corrected chi connectivity index (χ3v) is 2.97. The number of rotatable bonds is 5. The Morgan fingerprint density at radius 1 is 1.15 bits per heavy atom. The Labute approximate surface area is 119 Å².